The highest BCUT2D eigenvalue weighted by atomic mass is 16.5. The van der Waals surface area contributed by atoms with Gasteiger partial charge in [0.15, 0.2) is 0 Å². The van der Waals surface area contributed by atoms with Crippen LogP contribution in [0.2, 0.25) is 0 Å². The number of rotatable bonds is 6. The standard InChI is InChI=1S/C17H23NO4/c1-11-3-7-15(8-4-11)22-12(2)10-18-16(19)13-5-6-14(9-13)17(20)21/h3-4,7-8,12-14H,5-6,9-10H2,1-2H3,(H,18,19)(H,20,21)/t12?,13-,14+/m1/s1. The molecule has 1 saturated carbocycles. The number of carbonyl (C=O) groups excluding carboxylic acids is 1. The van der Waals surface area contributed by atoms with Crippen LogP contribution in [0.5, 0.6) is 5.75 Å². The molecule has 1 fully saturated rings. The molecule has 120 valence electrons. The Hall–Kier alpha value is -2.04. The van der Waals surface area contributed by atoms with Crippen LogP contribution in [-0.2, 0) is 9.59 Å². The minimum Gasteiger partial charge on any atom is -0.489 e. The highest BCUT2D eigenvalue weighted by molar-refractivity contribution is 5.80. The van der Waals surface area contributed by atoms with E-state index in [1.807, 2.05) is 38.1 Å². The lowest BCUT2D eigenvalue weighted by molar-refractivity contribution is -0.141. The van der Waals surface area contributed by atoms with E-state index in [1.165, 1.54) is 5.56 Å². The van der Waals surface area contributed by atoms with Crippen LogP contribution in [-0.4, -0.2) is 29.6 Å². The summed E-state index contributed by atoms with van der Waals surface area (Å²) in [5.41, 5.74) is 1.17. The van der Waals surface area contributed by atoms with Gasteiger partial charge in [0.05, 0.1) is 12.5 Å². The van der Waals surface area contributed by atoms with Crippen LogP contribution in [0.4, 0.5) is 0 Å². The average molecular weight is 305 g/mol. The summed E-state index contributed by atoms with van der Waals surface area (Å²) in [6.45, 7) is 4.33. The molecule has 22 heavy (non-hydrogen) atoms. The molecule has 0 bridgehead atoms. The molecular formula is C17H23NO4. The zero-order chi connectivity index (χ0) is 16.1. The molecule has 1 amide bonds. The van der Waals surface area contributed by atoms with Gasteiger partial charge in [-0.15, -0.1) is 0 Å². The number of hydrogen-bond acceptors (Lipinski definition) is 3. The summed E-state index contributed by atoms with van der Waals surface area (Å²) in [7, 11) is 0. The molecule has 0 heterocycles. The molecule has 3 atom stereocenters. The molecule has 1 unspecified atom stereocenters. The molecule has 0 spiro atoms. The first kappa shape index (κ1) is 16.3. The molecule has 2 rings (SSSR count). The van der Waals surface area contributed by atoms with E-state index >= 15 is 0 Å². The number of hydrogen-bond donors (Lipinski definition) is 2. The fraction of sp³-hybridized carbons (Fsp3) is 0.529. The Kier molecular flexibility index (Phi) is 5.41. The summed E-state index contributed by atoms with van der Waals surface area (Å²) < 4.78 is 5.73. The number of amides is 1. The number of benzene rings is 1. The van der Waals surface area contributed by atoms with Gasteiger partial charge in [-0.2, -0.15) is 0 Å². The first-order valence-corrected chi connectivity index (χ1v) is 7.69. The smallest absolute Gasteiger partial charge is 0.306 e. The monoisotopic (exact) mass is 305 g/mol. The van der Waals surface area contributed by atoms with Crippen molar-refractivity contribution in [2.24, 2.45) is 11.8 Å². The predicted molar refractivity (Wildman–Crippen MR) is 82.7 cm³/mol. The van der Waals surface area contributed by atoms with Gasteiger partial charge in [-0.1, -0.05) is 17.7 Å². The summed E-state index contributed by atoms with van der Waals surface area (Å²) >= 11 is 0. The maximum Gasteiger partial charge on any atom is 0.306 e. The number of aliphatic carboxylic acids is 1. The molecule has 1 aromatic carbocycles. The Morgan fingerprint density at radius 3 is 2.50 bits per heavy atom. The predicted octanol–water partition coefficient (Wildman–Crippen LogP) is 2.38. The van der Waals surface area contributed by atoms with E-state index < -0.39 is 5.97 Å². The molecule has 1 aliphatic rings. The molecule has 0 aromatic heterocycles. The van der Waals surface area contributed by atoms with Crippen molar-refractivity contribution in [3.8, 4) is 5.75 Å². The Morgan fingerprint density at radius 1 is 1.27 bits per heavy atom. The van der Waals surface area contributed by atoms with Gasteiger partial charge in [0.1, 0.15) is 11.9 Å². The number of aryl methyl sites for hydroxylation is 1. The van der Waals surface area contributed by atoms with Crippen molar-refractivity contribution in [2.75, 3.05) is 6.54 Å². The van der Waals surface area contributed by atoms with Gasteiger partial charge in [0.2, 0.25) is 5.91 Å². The van der Waals surface area contributed by atoms with Crippen molar-refractivity contribution in [3.05, 3.63) is 29.8 Å². The van der Waals surface area contributed by atoms with E-state index in [2.05, 4.69) is 5.32 Å². The number of ether oxygens (including phenoxy) is 1. The lowest BCUT2D eigenvalue weighted by atomic mass is 10.0. The molecular weight excluding hydrogens is 282 g/mol. The van der Waals surface area contributed by atoms with Gasteiger partial charge in [0.25, 0.3) is 0 Å². The Balaban J connectivity index is 1.74. The van der Waals surface area contributed by atoms with E-state index in [0.717, 1.165) is 5.75 Å². The normalized spacial score (nSPS) is 22.1. The number of nitrogens with one attached hydrogen (secondary N) is 1. The minimum absolute atomic E-state index is 0.0666. The molecule has 5 nitrogen and oxygen atoms in total. The summed E-state index contributed by atoms with van der Waals surface area (Å²) in [6, 6.07) is 7.76. The topological polar surface area (TPSA) is 75.6 Å². The first-order chi connectivity index (χ1) is 10.5. The van der Waals surface area contributed by atoms with Crippen LogP contribution in [0.15, 0.2) is 24.3 Å². The lowest BCUT2D eigenvalue weighted by Crippen LogP contribution is -2.36. The SMILES string of the molecule is Cc1ccc(OC(C)CNC(=O)[C@@H]2CC[C@H](C(=O)O)C2)cc1. The molecule has 0 saturated heterocycles. The Bertz CT molecular complexity index is 526. The first-order valence-electron chi connectivity index (χ1n) is 7.69. The Labute approximate surface area is 130 Å². The lowest BCUT2D eigenvalue weighted by Gasteiger charge is -2.17. The van der Waals surface area contributed by atoms with Crippen LogP contribution < -0.4 is 10.1 Å². The molecule has 5 heteroatoms. The highest BCUT2D eigenvalue weighted by Crippen LogP contribution is 2.31. The molecule has 2 N–H and O–H groups in total. The minimum atomic E-state index is -0.800. The zero-order valence-corrected chi connectivity index (χ0v) is 13.0. The fourth-order valence-electron chi connectivity index (χ4n) is 2.72. The van der Waals surface area contributed by atoms with Crippen LogP contribution in [0.25, 0.3) is 0 Å². The van der Waals surface area contributed by atoms with E-state index in [1.54, 1.807) is 0 Å². The van der Waals surface area contributed by atoms with Crippen molar-refractivity contribution in [3.63, 3.8) is 0 Å². The molecule has 0 aliphatic heterocycles. The van der Waals surface area contributed by atoms with E-state index in [4.69, 9.17) is 9.84 Å². The van der Waals surface area contributed by atoms with Crippen molar-refractivity contribution < 1.29 is 19.4 Å². The van der Waals surface area contributed by atoms with Gasteiger partial charge in [-0.25, -0.2) is 0 Å². The van der Waals surface area contributed by atoms with Crippen molar-refractivity contribution in [1.82, 2.24) is 5.32 Å². The molecule has 1 aliphatic carbocycles. The summed E-state index contributed by atoms with van der Waals surface area (Å²) in [4.78, 5) is 23.0. The van der Waals surface area contributed by atoms with Crippen molar-refractivity contribution in [1.29, 1.82) is 0 Å². The maximum atomic E-state index is 12.1. The summed E-state index contributed by atoms with van der Waals surface area (Å²) in [5.74, 6) is -0.654. The van der Waals surface area contributed by atoms with E-state index in [9.17, 15) is 9.59 Å². The quantitative estimate of drug-likeness (QED) is 0.846. The third kappa shape index (κ3) is 4.48. The van der Waals surface area contributed by atoms with E-state index in [0.29, 0.717) is 25.8 Å². The average Bonchev–Trinajstić information content (AvgIpc) is 2.97. The maximum absolute atomic E-state index is 12.1. The van der Waals surface area contributed by atoms with E-state index in [-0.39, 0.29) is 23.8 Å². The van der Waals surface area contributed by atoms with Gasteiger partial charge in [-0.3, -0.25) is 9.59 Å². The summed E-state index contributed by atoms with van der Waals surface area (Å²) in [5, 5.41) is 11.8. The van der Waals surface area contributed by atoms with Crippen molar-refractivity contribution in [2.45, 2.75) is 39.2 Å². The van der Waals surface area contributed by atoms with Gasteiger partial charge < -0.3 is 15.2 Å². The van der Waals surface area contributed by atoms with Crippen LogP contribution in [0.1, 0.15) is 31.7 Å². The number of carboxylic acid groups (broad SMARTS) is 1. The third-order valence-electron chi connectivity index (χ3n) is 4.07. The largest absolute Gasteiger partial charge is 0.489 e. The summed E-state index contributed by atoms with van der Waals surface area (Å²) in [6.07, 6.45) is 1.54. The second-order valence-electron chi connectivity index (χ2n) is 6.03. The highest BCUT2D eigenvalue weighted by Gasteiger charge is 2.33. The number of carbonyl (C=O) groups is 2. The van der Waals surface area contributed by atoms with Gasteiger partial charge >= 0.3 is 5.97 Å². The molecule has 0 radical (unpaired) electrons. The van der Waals surface area contributed by atoms with Gasteiger partial charge in [0, 0.05) is 5.92 Å². The van der Waals surface area contributed by atoms with Crippen molar-refractivity contribution >= 4 is 11.9 Å². The van der Waals surface area contributed by atoms with Crippen LogP contribution in [0.3, 0.4) is 0 Å². The molecule has 1 aromatic rings. The van der Waals surface area contributed by atoms with Crippen LogP contribution in [0, 0.1) is 18.8 Å². The second-order valence-corrected chi connectivity index (χ2v) is 6.03. The van der Waals surface area contributed by atoms with Gasteiger partial charge in [-0.05, 0) is 45.2 Å². The Morgan fingerprint density at radius 2 is 1.91 bits per heavy atom. The van der Waals surface area contributed by atoms with Crippen LogP contribution >= 0.6 is 0 Å². The third-order valence-corrected chi connectivity index (χ3v) is 4.07. The fourth-order valence-corrected chi connectivity index (χ4v) is 2.72. The number of carboxylic acids is 1. The zero-order valence-electron chi connectivity index (χ0n) is 13.0. The second kappa shape index (κ2) is 7.29.